The van der Waals surface area contributed by atoms with Crippen molar-refractivity contribution in [2.24, 2.45) is 0 Å². The van der Waals surface area contributed by atoms with E-state index < -0.39 is 28.5 Å². The normalized spacial score (nSPS) is 10.8. The fourth-order valence-electron chi connectivity index (χ4n) is 2.23. The molecule has 0 aliphatic carbocycles. The van der Waals surface area contributed by atoms with Crippen LogP contribution in [0.1, 0.15) is 23.7 Å². The number of esters is 1. The van der Waals surface area contributed by atoms with Crippen LogP contribution >= 0.6 is 0 Å². The van der Waals surface area contributed by atoms with Crippen LogP contribution in [0.4, 0.5) is 5.69 Å². The highest BCUT2D eigenvalue weighted by atomic mass is 32.2. The standard InChI is InChI=1S/C19H22N2O6S/c1-3-12-20-18(22)13-27-19(23)16-6-4-5-7-17(16)21-28(24,25)15-10-8-14(26-2)9-11-15/h4-11,21H,3,12-13H2,1-2H3,(H,20,22). The zero-order valence-electron chi connectivity index (χ0n) is 15.6. The van der Waals surface area contributed by atoms with Gasteiger partial charge in [-0.25, -0.2) is 13.2 Å². The van der Waals surface area contributed by atoms with Crippen LogP contribution in [0, 0.1) is 0 Å². The van der Waals surface area contributed by atoms with Gasteiger partial charge in [-0.1, -0.05) is 19.1 Å². The molecule has 8 nitrogen and oxygen atoms in total. The van der Waals surface area contributed by atoms with Crippen LogP contribution in [0.5, 0.6) is 5.75 Å². The number of hydrogen-bond donors (Lipinski definition) is 2. The van der Waals surface area contributed by atoms with Crippen LogP contribution < -0.4 is 14.8 Å². The second kappa shape index (κ2) is 9.75. The van der Waals surface area contributed by atoms with Gasteiger partial charge in [0.2, 0.25) is 0 Å². The second-order valence-electron chi connectivity index (χ2n) is 5.75. The summed E-state index contributed by atoms with van der Waals surface area (Å²) < 4.78 is 37.5. The minimum atomic E-state index is -3.93. The average Bonchev–Trinajstić information content (AvgIpc) is 2.70. The Morgan fingerprint density at radius 1 is 1.04 bits per heavy atom. The SMILES string of the molecule is CCCNC(=O)COC(=O)c1ccccc1NS(=O)(=O)c1ccc(OC)cc1. The molecule has 9 heteroatoms. The first-order valence-electron chi connectivity index (χ1n) is 8.57. The van der Waals surface area contributed by atoms with E-state index in [1.807, 2.05) is 6.92 Å². The lowest BCUT2D eigenvalue weighted by molar-refractivity contribution is -0.124. The lowest BCUT2D eigenvalue weighted by Crippen LogP contribution is -2.29. The van der Waals surface area contributed by atoms with E-state index in [4.69, 9.17) is 9.47 Å². The maximum Gasteiger partial charge on any atom is 0.340 e. The van der Waals surface area contributed by atoms with Crippen molar-refractivity contribution in [1.29, 1.82) is 0 Å². The number of amides is 1. The molecule has 0 fully saturated rings. The summed E-state index contributed by atoms with van der Waals surface area (Å²) in [6.45, 7) is 1.94. The fraction of sp³-hybridized carbons (Fsp3) is 0.263. The average molecular weight is 406 g/mol. The predicted octanol–water partition coefficient (Wildman–Crippen LogP) is 2.18. The first-order valence-corrected chi connectivity index (χ1v) is 10.1. The molecule has 2 aromatic rings. The summed E-state index contributed by atoms with van der Waals surface area (Å²) in [6.07, 6.45) is 0.760. The Balaban J connectivity index is 2.14. The van der Waals surface area contributed by atoms with Gasteiger partial charge < -0.3 is 14.8 Å². The minimum Gasteiger partial charge on any atom is -0.497 e. The molecular formula is C19H22N2O6S. The molecule has 0 heterocycles. The van der Waals surface area contributed by atoms with Gasteiger partial charge in [-0.05, 0) is 42.8 Å². The van der Waals surface area contributed by atoms with Crippen LogP contribution in [0.3, 0.4) is 0 Å². The molecule has 0 atom stereocenters. The topological polar surface area (TPSA) is 111 Å². The maximum atomic E-state index is 12.6. The van der Waals surface area contributed by atoms with Crippen LogP contribution in [0.15, 0.2) is 53.4 Å². The number of sulfonamides is 1. The quantitative estimate of drug-likeness (QED) is 0.618. The van der Waals surface area contributed by atoms with Gasteiger partial charge in [0.25, 0.3) is 15.9 Å². The van der Waals surface area contributed by atoms with Gasteiger partial charge in [-0.15, -0.1) is 0 Å². The molecule has 28 heavy (non-hydrogen) atoms. The van der Waals surface area contributed by atoms with E-state index in [1.54, 1.807) is 12.1 Å². The van der Waals surface area contributed by atoms with E-state index >= 15 is 0 Å². The molecule has 0 radical (unpaired) electrons. The lowest BCUT2D eigenvalue weighted by Gasteiger charge is -2.12. The molecule has 0 aliphatic rings. The molecule has 1 amide bonds. The Labute approximate surface area is 163 Å². The third-order valence-electron chi connectivity index (χ3n) is 3.67. The van der Waals surface area contributed by atoms with E-state index in [1.165, 1.54) is 43.5 Å². The number of para-hydroxylation sites is 1. The van der Waals surface area contributed by atoms with Crippen molar-refractivity contribution in [3.05, 3.63) is 54.1 Å². The summed E-state index contributed by atoms with van der Waals surface area (Å²) in [7, 11) is -2.45. The Morgan fingerprint density at radius 3 is 2.36 bits per heavy atom. The van der Waals surface area contributed by atoms with Gasteiger partial charge in [0.05, 0.1) is 23.3 Å². The largest absolute Gasteiger partial charge is 0.497 e. The molecule has 2 rings (SSSR count). The highest BCUT2D eigenvalue weighted by Crippen LogP contribution is 2.22. The van der Waals surface area contributed by atoms with Crippen molar-refractivity contribution in [2.75, 3.05) is 25.0 Å². The maximum absolute atomic E-state index is 12.6. The number of anilines is 1. The first-order chi connectivity index (χ1) is 13.4. The summed E-state index contributed by atoms with van der Waals surface area (Å²) in [5.41, 5.74) is 0.0557. The van der Waals surface area contributed by atoms with Gasteiger partial charge in [-0.3, -0.25) is 9.52 Å². The molecule has 2 aromatic carbocycles. The van der Waals surface area contributed by atoms with Crippen LogP contribution in [-0.4, -0.2) is 40.6 Å². The molecule has 0 saturated carbocycles. The summed E-state index contributed by atoms with van der Waals surface area (Å²) in [5, 5.41) is 2.58. The number of carbonyl (C=O) groups excluding carboxylic acids is 2. The molecule has 0 saturated heterocycles. The van der Waals surface area contributed by atoms with E-state index in [-0.39, 0.29) is 16.1 Å². The molecular weight excluding hydrogens is 384 g/mol. The zero-order chi connectivity index (χ0) is 20.6. The molecule has 0 spiro atoms. The van der Waals surface area contributed by atoms with Crippen molar-refractivity contribution in [2.45, 2.75) is 18.2 Å². The number of hydrogen-bond acceptors (Lipinski definition) is 6. The fourth-order valence-corrected chi connectivity index (χ4v) is 3.31. The van der Waals surface area contributed by atoms with E-state index in [2.05, 4.69) is 10.0 Å². The Bertz CT molecular complexity index is 926. The third-order valence-corrected chi connectivity index (χ3v) is 5.05. The van der Waals surface area contributed by atoms with Crippen LogP contribution in [0.2, 0.25) is 0 Å². The van der Waals surface area contributed by atoms with Crippen molar-refractivity contribution < 1.29 is 27.5 Å². The van der Waals surface area contributed by atoms with Crippen molar-refractivity contribution in [3.63, 3.8) is 0 Å². The predicted molar refractivity (Wildman–Crippen MR) is 104 cm³/mol. The molecule has 0 unspecified atom stereocenters. The van der Waals surface area contributed by atoms with E-state index in [0.717, 1.165) is 6.42 Å². The Morgan fingerprint density at radius 2 is 1.71 bits per heavy atom. The third kappa shape index (κ3) is 5.71. The van der Waals surface area contributed by atoms with Crippen molar-refractivity contribution in [3.8, 4) is 5.75 Å². The highest BCUT2D eigenvalue weighted by molar-refractivity contribution is 7.92. The Hall–Kier alpha value is -3.07. The number of carbonyl (C=O) groups is 2. The van der Waals surface area contributed by atoms with E-state index in [0.29, 0.717) is 12.3 Å². The Kier molecular flexibility index (Phi) is 7.39. The van der Waals surface area contributed by atoms with E-state index in [9.17, 15) is 18.0 Å². The van der Waals surface area contributed by atoms with Gasteiger partial charge >= 0.3 is 5.97 Å². The molecule has 2 N–H and O–H groups in total. The minimum absolute atomic E-state index is 0.00267. The monoisotopic (exact) mass is 406 g/mol. The number of benzene rings is 2. The van der Waals surface area contributed by atoms with Gasteiger partial charge in [-0.2, -0.15) is 0 Å². The number of ether oxygens (including phenoxy) is 2. The second-order valence-corrected chi connectivity index (χ2v) is 7.44. The number of nitrogens with one attached hydrogen (secondary N) is 2. The molecule has 150 valence electrons. The molecule has 0 aromatic heterocycles. The summed E-state index contributed by atoms with van der Waals surface area (Å²) in [5.74, 6) is -0.713. The van der Waals surface area contributed by atoms with Crippen molar-refractivity contribution in [1.82, 2.24) is 5.32 Å². The smallest absolute Gasteiger partial charge is 0.340 e. The number of rotatable bonds is 9. The lowest BCUT2D eigenvalue weighted by atomic mass is 10.2. The van der Waals surface area contributed by atoms with Gasteiger partial charge in [0.15, 0.2) is 6.61 Å². The number of methoxy groups -OCH3 is 1. The van der Waals surface area contributed by atoms with Crippen LogP contribution in [0.25, 0.3) is 0 Å². The molecule has 0 bridgehead atoms. The van der Waals surface area contributed by atoms with Gasteiger partial charge in [0.1, 0.15) is 5.75 Å². The molecule has 0 aliphatic heterocycles. The van der Waals surface area contributed by atoms with Gasteiger partial charge in [0, 0.05) is 6.54 Å². The summed E-state index contributed by atoms with van der Waals surface area (Å²) in [4.78, 5) is 23.9. The van der Waals surface area contributed by atoms with Crippen molar-refractivity contribution >= 4 is 27.6 Å². The zero-order valence-corrected chi connectivity index (χ0v) is 16.4. The van der Waals surface area contributed by atoms with Crippen LogP contribution in [-0.2, 0) is 19.6 Å². The first kappa shape index (κ1) is 21.2. The summed E-state index contributed by atoms with van der Waals surface area (Å²) >= 11 is 0. The highest BCUT2D eigenvalue weighted by Gasteiger charge is 2.20. The summed E-state index contributed by atoms with van der Waals surface area (Å²) in [6, 6.07) is 11.8.